The fourth-order valence-corrected chi connectivity index (χ4v) is 8.21. The standard InChI is InChI=1S/C55H60O11/c1-57-54-51(61-35-43-26-14-5-15-27-43)48(56)49(46(64-54)38-58-32-40-20-8-2-9-21-40)66-55-53(63-37-45-30-18-7-19-31-45)52(62-36-44-28-16-6-17-29-44)50(60-34-42-24-12-4-13-25-42)47(65-55)39-59-33-41-22-10-3-11-23-41/h2-31,46-56H,32-39H2,1H3/t46-,47-,48+,49+,50+,51-,52+,53-,54-,55-/m1/s1. The number of hydrogen-bond acceptors (Lipinski definition) is 11. The van der Waals surface area contributed by atoms with E-state index >= 15 is 0 Å². The molecular formula is C55H60O11. The van der Waals surface area contributed by atoms with Gasteiger partial charge in [-0.05, 0) is 33.4 Å². The summed E-state index contributed by atoms with van der Waals surface area (Å²) in [5.41, 5.74) is 5.82. The van der Waals surface area contributed by atoms with Crippen LogP contribution in [0.3, 0.4) is 0 Å². The van der Waals surface area contributed by atoms with Crippen molar-refractivity contribution in [3.05, 3.63) is 215 Å². The van der Waals surface area contributed by atoms with E-state index in [-0.39, 0.29) is 39.6 Å². The third-order valence-electron chi connectivity index (χ3n) is 11.7. The Bertz CT molecular complexity index is 2220. The minimum absolute atomic E-state index is 0.0600. The molecule has 0 aliphatic carbocycles. The second-order valence-corrected chi connectivity index (χ2v) is 16.5. The lowest BCUT2D eigenvalue weighted by Gasteiger charge is -2.49. The first-order valence-electron chi connectivity index (χ1n) is 22.6. The quantitative estimate of drug-likeness (QED) is 0.0668. The first kappa shape index (κ1) is 47.4. The molecule has 1 N–H and O–H groups in total. The van der Waals surface area contributed by atoms with Crippen LogP contribution in [0, 0.1) is 0 Å². The van der Waals surface area contributed by atoms with Gasteiger partial charge in [0.1, 0.15) is 48.8 Å². The Labute approximate surface area is 388 Å². The predicted octanol–water partition coefficient (Wildman–Crippen LogP) is 8.60. The molecular weight excluding hydrogens is 837 g/mol. The Hall–Kier alpha value is -5.12. The average Bonchev–Trinajstić information content (AvgIpc) is 3.37. The molecule has 11 nitrogen and oxygen atoms in total. The molecule has 8 rings (SSSR count). The minimum Gasteiger partial charge on any atom is -0.387 e. The van der Waals surface area contributed by atoms with Gasteiger partial charge in [0, 0.05) is 7.11 Å². The SMILES string of the molecule is CO[C@@H]1O[C@H](COCc2ccccc2)[C@H](O[C@H]2O[C@H](COCc3ccccc3)[C@H](OCc3ccccc3)[C@H](OCc3ccccc3)[C@H]2OCc2ccccc2)[C@H](O)[C@H]1OCc1ccccc1. The van der Waals surface area contributed by atoms with E-state index in [1.165, 1.54) is 7.11 Å². The van der Waals surface area contributed by atoms with Crippen LogP contribution >= 0.6 is 0 Å². The van der Waals surface area contributed by atoms with Gasteiger partial charge < -0.3 is 52.5 Å². The van der Waals surface area contributed by atoms with Crippen LogP contribution in [0.5, 0.6) is 0 Å². The number of aliphatic hydroxyl groups is 1. The van der Waals surface area contributed by atoms with E-state index in [4.69, 9.17) is 47.4 Å². The average molecular weight is 897 g/mol. The van der Waals surface area contributed by atoms with Gasteiger partial charge in [-0.2, -0.15) is 0 Å². The van der Waals surface area contributed by atoms with Gasteiger partial charge in [-0.1, -0.05) is 182 Å². The monoisotopic (exact) mass is 896 g/mol. The van der Waals surface area contributed by atoms with Gasteiger partial charge in [0.25, 0.3) is 0 Å². The van der Waals surface area contributed by atoms with Crippen LogP contribution < -0.4 is 0 Å². The molecule has 6 aromatic carbocycles. The van der Waals surface area contributed by atoms with E-state index in [9.17, 15) is 5.11 Å². The summed E-state index contributed by atoms with van der Waals surface area (Å²) in [6.07, 6.45) is -9.22. The normalized spacial score (nSPS) is 25.4. The number of rotatable bonds is 23. The molecule has 10 atom stereocenters. The van der Waals surface area contributed by atoms with Crippen LogP contribution in [0.25, 0.3) is 0 Å². The van der Waals surface area contributed by atoms with Crippen molar-refractivity contribution in [1.82, 2.24) is 0 Å². The van der Waals surface area contributed by atoms with Crippen molar-refractivity contribution in [1.29, 1.82) is 0 Å². The summed E-state index contributed by atoms with van der Waals surface area (Å²) in [4.78, 5) is 0. The molecule has 0 saturated carbocycles. The summed E-state index contributed by atoms with van der Waals surface area (Å²) < 4.78 is 66.5. The molecule has 0 radical (unpaired) electrons. The maximum Gasteiger partial charge on any atom is 0.187 e. The summed E-state index contributed by atoms with van der Waals surface area (Å²) in [6.45, 7) is 1.79. The van der Waals surface area contributed by atoms with Gasteiger partial charge in [0.15, 0.2) is 12.6 Å². The maximum atomic E-state index is 12.5. The number of hydrogen-bond donors (Lipinski definition) is 1. The second-order valence-electron chi connectivity index (χ2n) is 16.5. The first-order chi connectivity index (χ1) is 32.6. The molecule has 2 aliphatic rings. The van der Waals surface area contributed by atoms with E-state index in [0.29, 0.717) is 13.2 Å². The van der Waals surface area contributed by atoms with Crippen molar-refractivity contribution >= 4 is 0 Å². The highest BCUT2D eigenvalue weighted by Gasteiger charge is 2.54. The molecule has 2 aliphatic heterocycles. The molecule has 346 valence electrons. The number of ether oxygens (including phenoxy) is 10. The first-order valence-corrected chi connectivity index (χ1v) is 22.6. The highest BCUT2D eigenvalue weighted by atomic mass is 16.8. The maximum absolute atomic E-state index is 12.5. The van der Waals surface area contributed by atoms with Gasteiger partial charge in [-0.15, -0.1) is 0 Å². The molecule has 2 fully saturated rings. The molecule has 6 aromatic rings. The predicted molar refractivity (Wildman–Crippen MR) is 247 cm³/mol. The fourth-order valence-electron chi connectivity index (χ4n) is 8.21. The van der Waals surface area contributed by atoms with Crippen molar-refractivity contribution in [2.75, 3.05) is 20.3 Å². The van der Waals surface area contributed by atoms with Crippen molar-refractivity contribution < 1.29 is 52.5 Å². The third-order valence-corrected chi connectivity index (χ3v) is 11.7. The Morgan fingerprint density at radius 2 is 0.682 bits per heavy atom. The molecule has 0 aromatic heterocycles. The van der Waals surface area contributed by atoms with E-state index in [2.05, 4.69) is 0 Å². The van der Waals surface area contributed by atoms with E-state index in [1.807, 2.05) is 182 Å². The number of methoxy groups -OCH3 is 1. The largest absolute Gasteiger partial charge is 0.387 e. The molecule has 0 spiro atoms. The highest BCUT2D eigenvalue weighted by Crippen LogP contribution is 2.36. The van der Waals surface area contributed by atoms with Gasteiger partial charge in [-0.3, -0.25) is 0 Å². The van der Waals surface area contributed by atoms with Crippen molar-refractivity contribution in [2.24, 2.45) is 0 Å². The van der Waals surface area contributed by atoms with Crippen LogP contribution in [0.1, 0.15) is 33.4 Å². The zero-order valence-corrected chi connectivity index (χ0v) is 37.3. The molecule has 11 heteroatoms. The number of benzene rings is 6. The topological polar surface area (TPSA) is 113 Å². The van der Waals surface area contributed by atoms with Crippen molar-refractivity contribution in [2.45, 2.75) is 101 Å². The molecule has 0 bridgehead atoms. The van der Waals surface area contributed by atoms with Gasteiger partial charge in [-0.25, -0.2) is 0 Å². The number of aliphatic hydroxyl groups excluding tert-OH is 1. The van der Waals surface area contributed by atoms with Crippen molar-refractivity contribution in [3.8, 4) is 0 Å². The summed E-state index contributed by atoms with van der Waals surface area (Å²) in [6, 6.07) is 59.5. The fraction of sp³-hybridized carbons (Fsp3) is 0.345. The van der Waals surface area contributed by atoms with E-state index in [1.54, 1.807) is 0 Å². The lowest BCUT2D eigenvalue weighted by molar-refractivity contribution is -0.372. The third kappa shape index (κ3) is 13.5. The molecule has 0 amide bonds. The molecule has 0 unspecified atom stereocenters. The van der Waals surface area contributed by atoms with Crippen LogP contribution in [0.2, 0.25) is 0 Å². The highest BCUT2D eigenvalue weighted by molar-refractivity contribution is 5.18. The van der Waals surface area contributed by atoms with Crippen LogP contribution in [0.4, 0.5) is 0 Å². The zero-order valence-electron chi connectivity index (χ0n) is 37.3. The van der Waals surface area contributed by atoms with Crippen LogP contribution in [0.15, 0.2) is 182 Å². The van der Waals surface area contributed by atoms with Crippen LogP contribution in [-0.2, 0) is 87.0 Å². The Balaban J connectivity index is 1.14. The zero-order chi connectivity index (χ0) is 45.2. The molecule has 2 saturated heterocycles. The summed E-state index contributed by atoms with van der Waals surface area (Å²) in [5, 5.41) is 12.5. The minimum atomic E-state index is -1.26. The molecule has 2 heterocycles. The lowest BCUT2D eigenvalue weighted by Crippen LogP contribution is -2.66. The van der Waals surface area contributed by atoms with E-state index in [0.717, 1.165) is 33.4 Å². The summed E-state index contributed by atoms with van der Waals surface area (Å²) >= 11 is 0. The van der Waals surface area contributed by atoms with Crippen LogP contribution in [-0.4, -0.2) is 86.8 Å². The smallest absolute Gasteiger partial charge is 0.187 e. The van der Waals surface area contributed by atoms with E-state index < -0.39 is 61.4 Å². The van der Waals surface area contributed by atoms with Gasteiger partial charge in [0.05, 0.1) is 52.9 Å². The summed E-state index contributed by atoms with van der Waals surface area (Å²) in [7, 11) is 1.53. The Morgan fingerprint density at radius 1 is 0.364 bits per heavy atom. The van der Waals surface area contributed by atoms with Gasteiger partial charge >= 0.3 is 0 Å². The summed E-state index contributed by atoms with van der Waals surface area (Å²) in [5.74, 6) is 0. The van der Waals surface area contributed by atoms with Gasteiger partial charge in [0.2, 0.25) is 0 Å². The second kappa shape index (κ2) is 25.1. The van der Waals surface area contributed by atoms with Crippen molar-refractivity contribution in [3.63, 3.8) is 0 Å². The molecule has 66 heavy (non-hydrogen) atoms. The Kier molecular flexibility index (Phi) is 18.0. The lowest BCUT2D eigenvalue weighted by atomic mass is 9.96. The Morgan fingerprint density at radius 3 is 1.08 bits per heavy atom.